The van der Waals surface area contributed by atoms with Crippen molar-refractivity contribution in [3.8, 4) is 0 Å². The molecule has 24 heavy (non-hydrogen) atoms. The van der Waals surface area contributed by atoms with E-state index in [9.17, 15) is 0 Å². The van der Waals surface area contributed by atoms with Crippen molar-refractivity contribution in [2.45, 2.75) is 53.4 Å². The highest BCUT2D eigenvalue weighted by Gasteiger charge is 2.12. The first-order valence-corrected chi connectivity index (χ1v) is 9.50. The van der Waals surface area contributed by atoms with Gasteiger partial charge in [0.2, 0.25) is 0 Å². The molecule has 0 aliphatic carbocycles. The van der Waals surface area contributed by atoms with Crippen molar-refractivity contribution in [2.75, 3.05) is 0 Å². The Hall–Kier alpha value is -1.73. The minimum Gasteiger partial charge on any atom is -0.0795 e. The Labute approximate surface area is 152 Å². The van der Waals surface area contributed by atoms with E-state index in [0.717, 1.165) is 36.1 Å². The highest BCUT2D eigenvalue weighted by Crippen LogP contribution is 2.27. The van der Waals surface area contributed by atoms with E-state index in [1.54, 1.807) is 11.1 Å². The first-order valence-electron chi connectivity index (χ1n) is 9.10. The molecule has 126 valence electrons. The number of benzene rings is 2. The maximum absolute atomic E-state index is 5.58. The molecular formula is C23H28S. The van der Waals surface area contributed by atoms with E-state index >= 15 is 0 Å². The maximum atomic E-state index is 5.58. The van der Waals surface area contributed by atoms with Crippen LogP contribution >= 0.6 is 12.2 Å². The lowest BCUT2D eigenvalue weighted by molar-refractivity contribution is 0.942. The monoisotopic (exact) mass is 336 g/mol. The minimum absolute atomic E-state index is 0.897. The quantitative estimate of drug-likeness (QED) is 0.322. The number of hydrogen-bond donors (Lipinski definition) is 0. The second-order valence-electron chi connectivity index (χ2n) is 6.04. The molecule has 0 heterocycles. The van der Waals surface area contributed by atoms with Crippen molar-refractivity contribution in [2.24, 2.45) is 0 Å². The van der Waals surface area contributed by atoms with Crippen LogP contribution in [-0.4, -0.2) is 4.86 Å². The van der Waals surface area contributed by atoms with Gasteiger partial charge in [-0.15, -0.1) is 0 Å². The molecule has 0 atom stereocenters. The fraction of sp³-hybridized carbons (Fsp3) is 0.348. The van der Waals surface area contributed by atoms with E-state index in [1.807, 2.05) is 18.2 Å². The molecule has 0 N–H and O–H groups in total. The highest BCUT2D eigenvalue weighted by molar-refractivity contribution is 7.81. The Kier molecular flexibility index (Phi) is 6.93. The number of rotatable bonds is 7. The van der Waals surface area contributed by atoms with Crippen LogP contribution in [0.5, 0.6) is 0 Å². The molecule has 0 fully saturated rings. The summed E-state index contributed by atoms with van der Waals surface area (Å²) < 4.78 is 0. The fourth-order valence-electron chi connectivity index (χ4n) is 3.53. The average Bonchev–Trinajstić information content (AvgIpc) is 2.64. The standard InChI is InChI=1S/C23H28S/c1-5-17-16-19(21(7-3)22(8-4)20(17)6-2)14-15-23(24)18-12-10-9-11-13-18/h9-16H,5-8H2,1-4H3. The van der Waals surface area contributed by atoms with E-state index in [2.05, 4.69) is 58.0 Å². The van der Waals surface area contributed by atoms with Crippen LogP contribution in [0.1, 0.15) is 61.1 Å². The van der Waals surface area contributed by atoms with Crippen molar-refractivity contribution in [1.29, 1.82) is 0 Å². The summed E-state index contributed by atoms with van der Waals surface area (Å²) in [5, 5.41) is 0. The summed E-state index contributed by atoms with van der Waals surface area (Å²) in [6.45, 7) is 9.05. The zero-order chi connectivity index (χ0) is 17.5. The summed E-state index contributed by atoms with van der Waals surface area (Å²) in [4.78, 5) is 0.897. The minimum atomic E-state index is 0.897. The van der Waals surface area contributed by atoms with Crippen molar-refractivity contribution < 1.29 is 0 Å². The molecule has 0 nitrogen and oxygen atoms in total. The molecule has 0 aliphatic heterocycles. The topological polar surface area (TPSA) is 0 Å². The molecule has 0 radical (unpaired) electrons. The van der Waals surface area contributed by atoms with Gasteiger partial charge in [0.25, 0.3) is 0 Å². The van der Waals surface area contributed by atoms with Gasteiger partial charge in [-0.1, -0.05) is 82.4 Å². The van der Waals surface area contributed by atoms with E-state index in [-0.39, 0.29) is 0 Å². The third-order valence-electron chi connectivity index (χ3n) is 4.71. The fourth-order valence-corrected chi connectivity index (χ4v) is 3.73. The molecule has 0 spiro atoms. The Balaban J connectivity index is 2.46. The SMILES string of the molecule is CCc1cc(C=CC(=S)c2ccccc2)c(CC)c(CC)c1CC. The lowest BCUT2D eigenvalue weighted by Crippen LogP contribution is -2.05. The summed E-state index contributed by atoms with van der Waals surface area (Å²) in [5.41, 5.74) is 8.51. The zero-order valence-electron chi connectivity index (χ0n) is 15.4. The first-order chi connectivity index (χ1) is 11.7. The van der Waals surface area contributed by atoms with Gasteiger partial charge < -0.3 is 0 Å². The molecule has 2 aromatic carbocycles. The zero-order valence-corrected chi connectivity index (χ0v) is 16.2. The molecule has 0 amide bonds. The first kappa shape index (κ1) is 18.6. The largest absolute Gasteiger partial charge is 0.0795 e. The van der Waals surface area contributed by atoms with Crippen LogP contribution in [0.3, 0.4) is 0 Å². The average molecular weight is 337 g/mol. The Bertz CT molecular complexity index is 723. The van der Waals surface area contributed by atoms with Crippen LogP contribution in [0.4, 0.5) is 0 Å². The smallest absolute Gasteiger partial charge is 0.0449 e. The van der Waals surface area contributed by atoms with E-state index in [4.69, 9.17) is 12.2 Å². The van der Waals surface area contributed by atoms with Crippen LogP contribution in [0, 0.1) is 0 Å². The second-order valence-corrected chi connectivity index (χ2v) is 6.48. The molecule has 0 saturated carbocycles. The molecular weight excluding hydrogens is 308 g/mol. The molecule has 0 bridgehead atoms. The van der Waals surface area contributed by atoms with E-state index < -0.39 is 0 Å². The van der Waals surface area contributed by atoms with Crippen molar-refractivity contribution >= 4 is 23.2 Å². The Morgan fingerprint density at radius 1 is 0.833 bits per heavy atom. The number of thiocarbonyl (C=S) groups is 1. The van der Waals surface area contributed by atoms with Gasteiger partial charge in [0, 0.05) is 4.86 Å². The predicted octanol–water partition coefficient (Wildman–Crippen LogP) is 6.37. The lowest BCUT2D eigenvalue weighted by atomic mass is 9.86. The van der Waals surface area contributed by atoms with Gasteiger partial charge >= 0.3 is 0 Å². The van der Waals surface area contributed by atoms with Gasteiger partial charge in [-0.3, -0.25) is 0 Å². The maximum Gasteiger partial charge on any atom is 0.0449 e. The van der Waals surface area contributed by atoms with Crippen LogP contribution in [0.15, 0.2) is 42.5 Å². The van der Waals surface area contributed by atoms with Gasteiger partial charge in [0.05, 0.1) is 0 Å². The van der Waals surface area contributed by atoms with E-state index in [1.165, 1.54) is 16.7 Å². The van der Waals surface area contributed by atoms with Crippen molar-refractivity contribution in [1.82, 2.24) is 0 Å². The van der Waals surface area contributed by atoms with Crippen molar-refractivity contribution in [3.05, 3.63) is 75.9 Å². The van der Waals surface area contributed by atoms with Gasteiger partial charge in [-0.2, -0.15) is 0 Å². The molecule has 2 rings (SSSR count). The van der Waals surface area contributed by atoms with Crippen molar-refractivity contribution in [3.63, 3.8) is 0 Å². The van der Waals surface area contributed by atoms with E-state index in [0.29, 0.717) is 0 Å². The van der Waals surface area contributed by atoms with Gasteiger partial charge in [0.1, 0.15) is 0 Å². The summed E-state index contributed by atoms with van der Waals surface area (Å²) in [6.07, 6.45) is 8.67. The number of allylic oxidation sites excluding steroid dienone is 1. The molecule has 2 aromatic rings. The van der Waals surface area contributed by atoms with Crippen LogP contribution < -0.4 is 0 Å². The molecule has 0 unspecified atom stereocenters. The summed E-state index contributed by atoms with van der Waals surface area (Å²) in [6, 6.07) is 12.6. The normalized spacial score (nSPS) is 11.2. The molecule has 0 saturated heterocycles. The summed E-state index contributed by atoms with van der Waals surface area (Å²) >= 11 is 5.58. The third kappa shape index (κ3) is 4.02. The van der Waals surface area contributed by atoms with Gasteiger partial charge in [-0.25, -0.2) is 0 Å². The molecule has 0 aromatic heterocycles. The Morgan fingerprint density at radius 3 is 2.00 bits per heavy atom. The van der Waals surface area contributed by atoms with Crippen LogP contribution in [0.25, 0.3) is 6.08 Å². The van der Waals surface area contributed by atoms with Gasteiger partial charge in [0.15, 0.2) is 0 Å². The lowest BCUT2D eigenvalue weighted by Gasteiger charge is -2.19. The third-order valence-corrected chi connectivity index (χ3v) is 5.08. The summed E-state index contributed by atoms with van der Waals surface area (Å²) in [7, 11) is 0. The number of hydrogen-bond acceptors (Lipinski definition) is 1. The van der Waals surface area contributed by atoms with Crippen LogP contribution in [-0.2, 0) is 25.7 Å². The highest BCUT2D eigenvalue weighted by atomic mass is 32.1. The second kappa shape index (κ2) is 8.94. The van der Waals surface area contributed by atoms with Gasteiger partial charge in [-0.05, 0) is 65.1 Å². The Morgan fingerprint density at radius 2 is 1.46 bits per heavy atom. The predicted molar refractivity (Wildman–Crippen MR) is 111 cm³/mol. The summed E-state index contributed by atoms with van der Waals surface area (Å²) in [5.74, 6) is 0. The van der Waals surface area contributed by atoms with Crippen LogP contribution in [0.2, 0.25) is 0 Å². The number of aryl methyl sites for hydroxylation is 1. The molecule has 0 aliphatic rings. The molecule has 1 heteroatoms.